The molecule has 5 nitrogen and oxygen atoms in total. The molecule has 4 heterocycles. The molecule has 12 aromatic rings. The van der Waals surface area contributed by atoms with Crippen molar-refractivity contribution in [2.75, 3.05) is 0 Å². The van der Waals surface area contributed by atoms with E-state index in [0.717, 1.165) is 71.7 Å². The standard InChI is InChI=1S/C54H33N3O2S/c1-54(2)41-16-6-3-11-33(41)38-27-30(21-24-42(38)54)31-22-25-44-40(28-31)50-37(15-10-19-46(50)59-44)53-56-51(32-23-26-48-39(29-32)34-12-5-8-20-47(34)60-48)55-52(57-53)36-14-9-18-45-49(36)35-13-4-7-17-43(35)58-45/h3-29H,1-2H3. The second kappa shape index (κ2) is 12.3. The van der Waals surface area contributed by atoms with Crippen LogP contribution in [0, 0.1) is 0 Å². The van der Waals surface area contributed by atoms with E-state index in [4.69, 9.17) is 23.8 Å². The van der Waals surface area contributed by atoms with Gasteiger partial charge < -0.3 is 8.83 Å². The molecule has 0 bridgehead atoms. The molecular weight excluding hydrogens is 755 g/mol. The van der Waals surface area contributed by atoms with Crippen molar-refractivity contribution in [3.05, 3.63) is 175 Å². The average Bonchev–Trinajstić information content (AvgIpc) is 4.03. The maximum Gasteiger partial charge on any atom is 0.164 e. The molecule has 0 saturated carbocycles. The van der Waals surface area contributed by atoms with Gasteiger partial charge in [-0.15, -0.1) is 11.3 Å². The molecule has 0 spiro atoms. The summed E-state index contributed by atoms with van der Waals surface area (Å²) in [4.78, 5) is 15.9. The summed E-state index contributed by atoms with van der Waals surface area (Å²) in [5.41, 5.74) is 13.5. The minimum Gasteiger partial charge on any atom is -0.456 e. The van der Waals surface area contributed by atoms with E-state index in [0.29, 0.717) is 17.5 Å². The van der Waals surface area contributed by atoms with Crippen LogP contribution in [0.25, 0.3) is 120 Å². The fourth-order valence-corrected chi connectivity index (χ4v) is 10.8. The third kappa shape index (κ3) is 4.82. The molecule has 0 aliphatic heterocycles. The van der Waals surface area contributed by atoms with E-state index in [1.807, 2.05) is 42.5 Å². The predicted molar refractivity (Wildman–Crippen MR) is 247 cm³/mol. The summed E-state index contributed by atoms with van der Waals surface area (Å²) in [7, 11) is 0. The van der Waals surface area contributed by atoms with Gasteiger partial charge in [0, 0.05) is 63.8 Å². The molecule has 0 unspecified atom stereocenters. The number of para-hydroxylation sites is 1. The van der Waals surface area contributed by atoms with E-state index in [9.17, 15) is 0 Å². The molecule has 8 aromatic carbocycles. The monoisotopic (exact) mass is 787 g/mol. The molecule has 60 heavy (non-hydrogen) atoms. The van der Waals surface area contributed by atoms with Gasteiger partial charge in [-0.1, -0.05) is 117 Å². The van der Waals surface area contributed by atoms with Gasteiger partial charge in [0.2, 0.25) is 0 Å². The van der Waals surface area contributed by atoms with Gasteiger partial charge >= 0.3 is 0 Å². The van der Waals surface area contributed by atoms with Crippen molar-refractivity contribution < 1.29 is 8.83 Å². The third-order valence-electron chi connectivity index (χ3n) is 12.6. The summed E-state index contributed by atoms with van der Waals surface area (Å²) < 4.78 is 15.4. The Morgan fingerprint density at radius 2 is 0.933 bits per heavy atom. The van der Waals surface area contributed by atoms with Crippen molar-refractivity contribution in [1.82, 2.24) is 15.0 Å². The maximum atomic E-state index is 6.58. The number of fused-ring (bicyclic) bond motifs is 12. The van der Waals surface area contributed by atoms with Gasteiger partial charge in [-0.3, -0.25) is 0 Å². The van der Waals surface area contributed by atoms with Crippen LogP contribution in [-0.4, -0.2) is 15.0 Å². The van der Waals surface area contributed by atoms with Crippen molar-refractivity contribution in [3.63, 3.8) is 0 Å². The molecule has 4 aromatic heterocycles. The number of nitrogens with zero attached hydrogens (tertiary/aromatic N) is 3. The van der Waals surface area contributed by atoms with Gasteiger partial charge in [-0.25, -0.2) is 15.0 Å². The summed E-state index contributed by atoms with van der Waals surface area (Å²) in [5.74, 6) is 1.75. The maximum absolute atomic E-state index is 6.58. The highest BCUT2D eigenvalue weighted by molar-refractivity contribution is 7.25. The van der Waals surface area contributed by atoms with E-state index in [-0.39, 0.29) is 5.41 Å². The first-order chi connectivity index (χ1) is 29.5. The van der Waals surface area contributed by atoms with Crippen LogP contribution in [0.1, 0.15) is 25.0 Å². The number of aromatic nitrogens is 3. The fourth-order valence-electron chi connectivity index (χ4n) is 9.66. The predicted octanol–water partition coefficient (Wildman–Crippen LogP) is 15.0. The number of furan rings is 2. The van der Waals surface area contributed by atoms with Crippen LogP contribution in [0.3, 0.4) is 0 Å². The van der Waals surface area contributed by atoms with Crippen molar-refractivity contribution in [2.45, 2.75) is 19.3 Å². The Morgan fingerprint density at radius 1 is 0.383 bits per heavy atom. The molecule has 13 rings (SSSR count). The molecule has 0 N–H and O–H groups in total. The molecule has 0 amide bonds. The van der Waals surface area contributed by atoms with E-state index in [1.165, 1.54) is 42.4 Å². The molecule has 0 fully saturated rings. The van der Waals surface area contributed by atoms with Gasteiger partial charge in [0.05, 0.1) is 0 Å². The molecule has 1 aliphatic rings. The SMILES string of the molecule is CC1(C)c2ccccc2-c2cc(-c3ccc4oc5cccc(-c6nc(-c7ccc8sc9ccccc9c8c7)nc(-c7cccc8oc9ccccc9c78)n6)c5c4c3)ccc21. The van der Waals surface area contributed by atoms with Gasteiger partial charge in [-0.2, -0.15) is 0 Å². The van der Waals surface area contributed by atoms with Crippen LogP contribution < -0.4 is 0 Å². The van der Waals surface area contributed by atoms with Crippen LogP contribution in [0.2, 0.25) is 0 Å². The highest BCUT2D eigenvalue weighted by Gasteiger charge is 2.35. The minimum absolute atomic E-state index is 0.0498. The zero-order chi connectivity index (χ0) is 39.7. The van der Waals surface area contributed by atoms with Gasteiger partial charge in [0.1, 0.15) is 22.3 Å². The molecule has 0 radical (unpaired) electrons. The highest BCUT2D eigenvalue weighted by atomic mass is 32.1. The lowest BCUT2D eigenvalue weighted by Crippen LogP contribution is -2.14. The van der Waals surface area contributed by atoms with Crippen LogP contribution in [0.4, 0.5) is 0 Å². The molecule has 6 heteroatoms. The zero-order valence-electron chi connectivity index (χ0n) is 32.7. The number of thiophene rings is 1. The Hall–Kier alpha value is -7.41. The van der Waals surface area contributed by atoms with Crippen LogP contribution >= 0.6 is 11.3 Å². The normalized spacial score (nSPS) is 13.3. The van der Waals surface area contributed by atoms with Gasteiger partial charge in [0.15, 0.2) is 17.5 Å². The van der Waals surface area contributed by atoms with Crippen LogP contribution in [-0.2, 0) is 5.41 Å². The van der Waals surface area contributed by atoms with Crippen LogP contribution in [0.5, 0.6) is 0 Å². The van der Waals surface area contributed by atoms with Crippen molar-refractivity contribution in [3.8, 4) is 56.4 Å². The first-order valence-electron chi connectivity index (χ1n) is 20.3. The van der Waals surface area contributed by atoms with E-state index < -0.39 is 0 Å². The highest BCUT2D eigenvalue weighted by Crippen LogP contribution is 2.50. The smallest absolute Gasteiger partial charge is 0.164 e. The van der Waals surface area contributed by atoms with Crippen molar-refractivity contribution >= 4 is 75.4 Å². The van der Waals surface area contributed by atoms with Crippen molar-refractivity contribution in [1.29, 1.82) is 0 Å². The number of benzene rings is 8. The Balaban J connectivity index is 1.03. The summed E-state index contributed by atoms with van der Waals surface area (Å²) >= 11 is 1.80. The molecule has 1 aliphatic carbocycles. The average molecular weight is 788 g/mol. The lowest BCUT2D eigenvalue weighted by atomic mass is 9.82. The Kier molecular flexibility index (Phi) is 6.88. The van der Waals surface area contributed by atoms with E-state index in [1.54, 1.807) is 11.3 Å². The lowest BCUT2D eigenvalue weighted by molar-refractivity contribution is 0.660. The zero-order valence-corrected chi connectivity index (χ0v) is 33.5. The fraction of sp³-hybridized carbons (Fsp3) is 0.0556. The number of rotatable bonds is 4. The van der Waals surface area contributed by atoms with Crippen molar-refractivity contribution in [2.24, 2.45) is 0 Å². The quantitative estimate of drug-likeness (QED) is 0.178. The van der Waals surface area contributed by atoms with E-state index in [2.05, 4.69) is 135 Å². The first-order valence-corrected chi connectivity index (χ1v) is 21.1. The topological polar surface area (TPSA) is 65.0 Å². The van der Waals surface area contributed by atoms with E-state index >= 15 is 0 Å². The minimum atomic E-state index is -0.0498. The third-order valence-corrected chi connectivity index (χ3v) is 13.7. The molecular formula is C54H33N3O2S. The van der Waals surface area contributed by atoms with Gasteiger partial charge in [-0.05, 0) is 94.0 Å². The first kappa shape index (κ1) is 33.6. The largest absolute Gasteiger partial charge is 0.456 e. The Morgan fingerprint density at radius 3 is 1.75 bits per heavy atom. The number of hydrogen-bond acceptors (Lipinski definition) is 6. The Labute approximate surface area is 348 Å². The number of hydrogen-bond donors (Lipinski definition) is 0. The second-order valence-electron chi connectivity index (χ2n) is 16.3. The van der Waals surface area contributed by atoms with Gasteiger partial charge in [0.25, 0.3) is 0 Å². The summed E-state index contributed by atoms with van der Waals surface area (Å²) in [6, 6.07) is 57.7. The summed E-state index contributed by atoms with van der Waals surface area (Å²) in [6.07, 6.45) is 0. The molecule has 0 atom stereocenters. The summed E-state index contributed by atoms with van der Waals surface area (Å²) in [6.45, 7) is 4.64. The lowest BCUT2D eigenvalue weighted by Gasteiger charge is -2.21. The van der Waals surface area contributed by atoms with Crippen LogP contribution in [0.15, 0.2) is 173 Å². The Bertz CT molecular complexity index is 3770. The molecule has 0 saturated heterocycles. The summed E-state index contributed by atoms with van der Waals surface area (Å²) in [5, 5.41) is 6.39. The molecule has 282 valence electrons. The second-order valence-corrected chi connectivity index (χ2v) is 17.4.